The summed E-state index contributed by atoms with van der Waals surface area (Å²) in [6.45, 7) is 6.15. The van der Waals surface area contributed by atoms with Crippen molar-refractivity contribution < 1.29 is 4.92 Å². The van der Waals surface area contributed by atoms with E-state index in [1.165, 1.54) is 4.68 Å². The fourth-order valence-electron chi connectivity index (χ4n) is 2.06. The molecule has 20 heavy (non-hydrogen) atoms. The van der Waals surface area contributed by atoms with Gasteiger partial charge >= 0.3 is 5.69 Å². The van der Waals surface area contributed by atoms with Crippen molar-refractivity contribution in [1.82, 2.24) is 9.78 Å². The summed E-state index contributed by atoms with van der Waals surface area (Å²) in [6, 6.07) is 7.84. The van der Waals surface area contributed by atoms with Crippen LogP contribution in [0.2, 0.25) is 5.15 Å². The lowest BCUT2D eigenvalue weighted by molar-refractivity contribution is -0.385. The number of aryl methyl sites for hydroxylation is 1. The van der Waals surface area contributed by atoms with Crippen molar-refractivity contribution in [2.45, 2.75) is 33.2 Å². The Morgan fingerprint density at radius 1 is 1.40 bits per heavy atom. The Morgan fingerprint density at radius 2 is 2.05 bits per heavy atom. The minimum Gasteiger partial charge on any atom is -0.258 e. The van der Waals surface area contributed by atoms with Crippen LogP contribution in [0.3, 0.4) is 0 Å². The monoisotopic (exact) mass is 293 g/mol. The number of nitrogens with zero attached hydrogens (tertiary/aromatic N) is 3. The molecular weight excluding hydrogens is 278 g/mol. The third-order valence-corrected chi connectivity index (χ3v) is 3.58. The number of aromatic nitrogens is 2. The van der Waals surface area contributed by atoms with Gasteiger partial charge in [-0.25, -0.2) is 4.68 Å². The highest BCUT2D eigenvalue weighted by Crippen LogP contribution is 2.33. The van der Waals surface area contributed by atoms with Gasteiger partial charge in [-0.1, -0.05) is 49.7 Å². The third-order valence-electron chi connectivity index (χ3n) is 3.20. The van der Waals surface area contributed by atoms with Crippen molar-refractivity contribution in [3.8, 4) is 0 Å². The zero-order valence-corrected chi connectivity index (χ0v) is 12.4. The molecule has 0 aliphatic heterocycles. The van der Waals surface area contributed by atoms with Crippen LogP contribution < -0.4 is 0 Å². The van der Waals surface area contributed by atoms with E-state index >= 15 is 0 Å². The zero-order chi connectivity index (χ0) is 14.9. The summed E-state index contributed by atoms with van der Waals surface area (Å²) in [4.78, 5) is 10.7. The average Bonchev–Trinajstić information content (AvgIpc) is 2.70. The Balaban J connectivity index is 2.46. The van der Waals surface area contributed by atoms with E-state index in [-0.39, 0.29) is 16.8 Å². The Hall–Kier alpha value is -1.88. The first kappa shape index (κ1) is 14.5. The Kier molecular flexibility index (Phi) is 4.09. The molecule has 0 saturated carbocycles. The first-order chi connectivity index (χ1) is 9.41. The molecule has 0 spiro atoms. The first-order valence-corrected chi connectivity index (χ1v) is 6.74. The summed E-state index contributed by atoms with van der Waals surface area (Å²) in [5, 5.41) is 15.5. The Labute approximate surface area is 122 Å². The lowest BCUT2D eigenvalue weighted by Crippen LogP contribution is -2.04. The number of nitro groups is 1. The molecule has 0 unspecified atom stereocenters. The summed E-state index contributed by atoms with van der Waals surface area (Å²) in [5.41, 5.74) is 2.48. The van der Waals surface area contributed by atoms with Crippen LogP contribution in [-0.4, -0.2) is 14.7 Å². The Bertz CT molecular complexity index is 650. The second-order valence-corrected chi connectivity index (χ2v) is 5.38. The van der Waals surface area contributed by atoms with E-state index in [1.54, 1.807) is 0 Å². The predicted molar refractivity (Wildman–Crippen MR) is 78.3 cm³/mol. The molecule has 0 amide bonds. The number of hydrogen-bond acceptors (Lipinski definition) is 3. The van der Waals surface area contributed by atoms with Gasteiger partial charge in [-0.3, -0.25) is 10.1 Å². The molecule has 0 aliphatic carbocycles. The standard InChI is InChI=1S/C14H16ClN3O2/c1-9(2)12-13(18(19)20)14(15)17(16-12)8-11-7-5-4-6-10(11)3/h4-7,9H,8H2,1-3H3. The van der Waals surface area contributed by atoms with E-state index in [9.17, 15) is 10.1 Å². The van der Waals surface area contributed by atoms with Crippen LogP contribution in [0.25, 0.3) is 0 Å². The van der Waals surface area contributed by atoms with E-state index < -0.39 is 4.92 Å². The van der Waals surface area contributed by atoms with Crippen molar-refractivity contribution >= 4 is 17.3 Å². The van der Waals surface area contributed by atoms with E-state index in [1.807, 2.05) is 45.0 Å². The molecule has 1 aromatic carbocycles. The molecule has 6 heteroatoms. The van der Waals surface area contributed by atoms with Crippen LogP contribution >= 0.6 is 11.6 Å². The van der Waals surface area contributed by atoms with Gasteiger partial charge in [-0.2, -0.15) is 5.10 Å². The van der Waals surface area contributed by atoms with Gasteiger partial charge in [0.2, 0.25) is 5.15 Å². The highest BCUT2D eigenvalue weighted by atomic mass is 35.5. The second kappa shape index (κ2) is 5.63. The molecule has 1 heterocycles. The first-order valence-electron chi connectivity index (χ1n) is 6.37. The van der Waals surface area contributed by atoms with Crippen LogP contribution in [0, 0.1) is 17.0 Å². The van der Waals surface area contributed by atoms with Gasteiger partial charge in [0.15, 0.2) is 0 Å². The summed E-state index contributed by atoms with van der Waals surface area (Å²) < 4.78 is 1.50. The lowest BCUT2D eigenvalue weighted by Gasteiger charge is -2.06. The molecular formula is C14H16ClN3O2. The normalized spacial score (nSPS) is 11.1. The minimum absolute atomic E-state index is 0.0500. The van der Waals surface area contributed by atoms with E-state index in [4.69, 9.17) is 11.6 Å². The molecule has 0 atom stereocenters. The average molecular weight is 294 g/mol. The van der Waals surface area contributed by atoms with Gasteiger partial charge in [0.05, 0.1) is 11.5 Å². The van der Waals surface area contributed by atoms with Crippen LogP contribution in [0.15, 0.2) is 24.3 Å². The van der Waals surface area contributed by atoms with Gasteiger partial charge < -0.3 is 0 Å². The largest absolute Gasteiger partial charge is 0.329 e. The molecule has 0 radical (unpaired) electrons. The minimum atomic E-state index is -0.459. The molecule has 0 N–H and O–H groups in total. The SMILES string of the molecule is Cc1ccccc1Cn1nc(C(C)C)c([N+](=O)[O-])c1Cl. The highest BCUT2D eigenvalue weighted by molar-refractivity contribution is 6.31. The molecule has 106 valence electrons. The van der Waals surface area contributed by atoms with Crippen LogP contribution in [0.5, 0.6) is 0 Å². The van der Waals surface area contributed by atoms with Gasteiger partial charge in [0, 0.05) is 5.92 Å². The Morgan fingerprint density at radius 3 is 2.55 bits per heavy atom. The zero-order valence-electron chi connectivity index (χ0n) is 11.6. The van der Waals surface area contributed by atoms with Crippen LogP contribution in [0.1, 0.15) is 36.6 Å². The number of rotatable bonds is 4. The lowest BCUT2D eigenvalue weighted by atomic mass is 10.1. The van der Waals surface area contributed by atoms with Crippen molar-refractivity contribution in [3.05, 3.63) is 56.4 Å². The van der Waals surface area contributed by atoms with Crippen molar-refractivity contribution in [1.29, 1.82) is 0 Å². The van der Waals surface area contributed by atoms with Crippen molar-refractivity contribution in [2.75, 3.05) is 0 Å². The fraction of sp³-hybridized carbons (Fsp3) is 0.357. The maximum atomic E-state index is 11.1. The molecule has 1 aromatic heterocycles. The maximum absolute atomic E-state index is 11.1. The maximum Gasteiger partial charge on any atom is 0.329 e. The predicted octanol–water partition coefficient (Wildman–Crippen LogP) is 3.92. The van der Waals surface area contributed by atoms with Gasteiger partial charge in [0.25, 0.3) is 0 Å². The quantitative estimate of drug-likeness (QED) is 0.634. The van der Waals surface area contributed by atoms with Crippen LogP contribution in [0.4, 0.5) is 5.69 Å². The summed E-state index contributed by atoms with van der Waals surface area (Å²) in [7, 11) is 0. The molecule has 2 rings (SSSR count). The molecule has 5 nitrogen and oxygen atoms in total. The highest BCUT2D eigenvalue weighted by Gasteiger charge is 2.28. The summed E-state index contributed by atoms with van der Waals surface area (Å²) in [6.07, 6.45) is 0. The molecule has 0 fully saturated rings. The van der Waals surface area contributed by atoms with Crippen molar-refractivity contribution in [3.63, 3.8) is 0 Å². The van der Waals surface area contributed by atoms with Gasteiger partial charge in [-0.05, 0) is 18.1 Å². The fourth-order valence-corrected chi connectivity index (χ4v) is 2.32. The number of benzene rings is 1. The molecule has 2 aromatic rings. The third kappa shape index (κ3) is 2.67. The molecule has 0 aliphatic rings. The second-order valence-electron chi connectivity index (χ2n) is 5.02. The van der Waals surface area contributed by atoms with E-state index in [0.29, 0.717) is 12.2 Å². The topological polar surface area (TPSA) is 61.0 Å². The number of hydrogen-bond donors (Lipinski definition) is 0. The van der Waals surface area contributed by atoms with E-state index in [2.05, 4.69) is 5.10 Å². The number of halogens is 1. The van der Waals surface area contributed by atoms with E-state index in [0.717, 1.165) is 11.1 Å². The summed E-state index contributed by atoms with van der Waals surface area (Å²) >= 11 is 6.13. The van der Waals surface area contributed by atoms with Crippen LogP contribution in [-0.2, 0) is 6.54 Å². The smallest absolute Gasteiger partial charge is 0.258 e. The summed E-state index contributed by atoms with van der Waals surface area (Å²) in [5.74, 6) is -0.0500. The van der Waals surface area contributed by atoms with Gasteiger partial charge in [-0.15, -0.1) is 0 Å². The molecule has 0 bridgehead atoms. The van der Waals surface area contributed by atoms with Gasteiger partial charge in [0.1, 0.15) is 5.69 Å². The van der Waals surface area contributed by atoms with Crippen molar-refractivity contribution in [2.24, 2.45) is 0 Å². The molecule has 0 saturated heterocycles.